The molecule has 2 N–H and O–H groups in total. The Balaban J connectivity index is 1.88. The van der Waals surface area contributed by atoms with E-state index in [0.29, 0.717) is 6.04 Å². The number of rotatable bonds is 4. The topological polar surface area (TPSA) is 38.9 Å². The minimum Gasteiger partial charge on any atom is -0.327 e. The van der Waals surface area contributed by atoms with E-state index < -0.39 is 0 Å². The summed E-state index contributed by atoms with van der Waals surface area (Å²) >= 11 is 1.73. The van der Waals surface area contributed by atoms with Crippen LogP contribution in [0.25, 0.3) is 0 Å². The molecule has 1 saturated carbocycles. The van der Waals surface area contributed by atoms with Gasteiger partial charge in [-0.05, 0) is 31.6 Å². The van der Waals surface area contributed by atoms with Crippen molar-refractivity contribution in [2.45, 2.75) is 58.4 Å². The van der Waals surface area contributed by atoms with Crippen LogP contribution in [0.1, 0.15) is 49.7 Å². The Hall–Kier alpha value is -0.410. The average Bonchev–Trinajstić information content (AvgIpc) is 2.75. The molecule has 2 rings (SSSR count). The van der Waals surface area contributed by atoms with Crippen LogP contribution in [0, 0.1) is 18.8 Å². The van der Waals surface area contributed by atoms with Gasteiger partial charge >= 0.3 is 0 Å². The van der Waals surface area contributed by atoms with Crippen molar-refractivity contribution in [3.05, 3.63) is 16.1 Å². The van der Waals surface area contributed by atoms with Crippen LogP contribution in [-0.2, 0) is 6.42 Å². The summed E-state index contributed by atoms with van der Waals surface area (Å²) in [6.45, 7) is 4.37. The molecule has 3 heteroatoms. The van der Waals surface area contributed by atoms with Gasteiger partial charge in [0.2, 0.25) is 0 Å². The molecule has 0 saturated heterocycles. The molecule has 0 aliphatic heterocycles. The smallest absolute Gasteiger partial charge is 0.0897 e. The van der Waals surface area contributed by atoms with Crippen LogP contribution in [0.4, 0.5) is 0 Å². The molecule has 1 aliphatic rings. The van der Waals surface area contributed by atoms with Gasteiger partial charge in [-0.1, -0.05) is 26.2 Å². The first-order valence-electron chi connectivity index (χ1n) is 6.85. The Morgan fingerprint density at radius 2 is 2.35 bits per heavy atom. The molecule has 2 nitrogen and oxygen atoms in total. The fraction of sp³-hybridized carbons (Fsp3) is 0.786. The highest BCUT2D eigenvalue weighted by Crippen LogP contribution is 2.33. The van der Waals surface area contributed by atoms with E-state index in [0.717, 1.165) is 23.3 Å². The van der Waals surface area contributed by atoms with E-state index in [4.69, 9.17) is 5.73 Å². The van der Waals surface area contributed by atoms with Gasteiger partial charge in [0.15, 0.2) is 0 Å². The highest BCUT2D eigenvalue weighted by atomic mass is 32.1. The number of aryl methyl sites for hydroxylation is 1. The molecule has 0 spiro atoms. The van der Waals surface area contributed by atoms with E-state index in [9.17, 15) is 0 Å². The van der Waals surface area contributed by atoms with Gasteiger partial charge in [-0.2, -0.15) is 0 Å². The Kier molecular flexibility index (Phi) is 4.57. The van der Waals surface area contributed by atoms with Crippen LogP contribution in [0.5, 0.6) is 0 Å². The number of nitrogens with two attached hydrogens (primary N) is 1. The third-order valence-corrected chi connectivity index (χ3v) is 4.94. The number of hydrogen-bond donors (Lipinski definition) is 1. The second-order valence-electron chi connectivity index (χ2n) is 5.43. The van der Waals surface area contributed by atoms with E-state index in [-0.39, 0.29) is 0 Å². The van der Waals surface area contributed by atoms with Gasteiger partial charge in [-0.25, -0.2) is 4.98 Å². The molecular weight excluding hydrogens is 228 g/mol. The maximum absolute atomic E-state index is 6.37. The molecular formula is C14H24N2S. The van der Waals surface area contributed by atoms with Crippen molar-refractivity contribution in [1.82, 2.24) is 4.98 Å². The molecule has 1 fully saturated rings. The lowest BCUT2D eigenvalue weighted by Crippen LogP contribution is -2.35. The van der Waals surface area contributed by atoms with Gasteiger partial charge in [0, 0.05) is 17.8 Å². The van der Waals surface area contributed by atoms with Crippen molar-refractivity contribution in [1.29, 1.82) is 0 Å². The van der Waals surface area contributed by atoms with E-state index in [1.807, 2.05) is 0 Å². The maximum Gasteiger partial charge on any atom is 0.0897 e. The number of aromatic nitrogens is 1. The second kappa shape index (κ2) is 5.96. The lowest BCUT2D eigenvalue weighted by Gasteiger charge is -2.32. The zero-order chi connectivity index (χ0) is 12.3. The third-order valence-electron chi connectivity index (χ3n) is 4.12. The molecule has 1 aliphatic carbocycles. The average molecular weight is 252 g/mol. The molecule has 0 radical (unpaired) electrons. The summed E-state index contributed by atoms with van der Waals surface area (Å²) in [6.07, 6.45) is 7.72. The summed E-state index contributed by atoms with van der Waals surface area (Å²) in [6, 6.07) is 0.311. The molecule has 3 atom stereocenters. The first-order chi connectivity index (χ1) is 8.19. The molecule has 0 aromatic carbocycles. The van der Waals surface area contributed by atoms with Crippen molar-refractivity contribution >= 4 is 11.3 Å². The monoisotopic (exact) mass is 252 g/mol. The van der Waals surface area contributed by atoms with E-state index >= 15 is 0 Å². The lowest BCUT2D eigenvalue weighted by atomic mass is 9.76. The first-order valence-corrected chi connectivity index (χ1v) is 7.73. The molecule has 1 aromatic heterocycles. The predicted molar refractivity (Wildman–Crippen MR) is 74.3 cm³/mol. The fourth-order valence-corrected chi connectivity index (χ4v) is 3.63. The predicted octanol–water partition coefficient (Wildman–Crippen LogP) is 3.54. The highest BCUT2D eigenvalue weighted by Gasteiger charge is 2.25. The maximum atomic E-state index is 6.37. The van der Waals surface area contributed by atoms with Crippen molar-refractivity contribution < 1.29 is 0 Å². The molecule has 0 amide bonds. The Morgan fingerprint density at radius 1 is 1.53 bits per heavy atom. The zero-order valence-electron chi connectivity index (χ0n) is 11.0. The Labute approximate surface area is 109 Å². The van der Waals surface area contributed by atoms with Crippen LogP contribution in [0.3, 0.4) is 0 Å². The Bertz CT molecular complexity index is 348. The summed E-state index contributed by atoms with van der Waals surface area (Å²) in [4.78, 5) is 4.52. The lowest BCUT2D eigenvalue weighted by molar-refractivity contribution is 0.228. The van der Waals surface area contributed by atoms with Crippen molar-refractivity contribution in [3.63, 3.8) is 0 Å². The third kappa shape index (κ3) is 3.52. The van der Waals surface area contributed by atoms with Crippen molar-refractivity contribution in [2.24, 2.45) is 17.6 Å². The van der Waals surface area contributed by atoms with Gasteiger partial charge in [0.05, 0.1) is 10.7 Å². The zero-order valence-corrected chi connectivity index (χ0v) is 11.8. The number of hydrogen-bond acceptors (Lipinski definition) is 3. The normalized spacial score (nSPS) is 27.0. The summed E-state index contributed by atoms with van der Waals surface area (Å²) < 4.78 is 0. The molecule has 0 bridgehead atoms. The fourth-order valence-electron chi connectivity index (χ4n) is 3.00. The van der Waals surface area contributed by atoms with Gasteiger partial charge < -0.3 is 5.73 Å². The summed E-state index contributed by atoms with van der Waals surface area (Å²) in [5.74, 6) is 1.63. The van der Waals surface area contributed by atoms with Crippen LogP contribution >= 0.6 is 11.3 Å². The molecule has 1 aromatic rings. The molecule has 96 valence electrons. The van der Waals surface area contributed by atoms with Gasteiger partial charge in [0.25, 0.3) is 0 Å². The molecule has 3 unspecified atom stereocenters. The van der Waals surface area contributed by atoms with E-state index in [1.165, 1.54) is 37.8 Å². The SMILES string of the molecule is CCC1CCCC(C(N)Cc2csc(C)n2)C1. The van der Waals surface area contributed by atoms with Crippen molar-refractivity contribution in [2.75, 3.05) is 0 Å². The minimum atomic E-state index is 0.311. The number of nitrogens with zero attached hydrogens (tertiary/aromatic N) is 1. The summed E-state index contributed by atoms with van der Waals surface area (Å²) in [5.41, 5.74) is 7.56. The minimum absolute atomic E-state index is 0.311. The Morgan fingerprint density at radius 3 is 3.00 bits per heavy atom. The van der Waals surface area contributed by atoms with Gasteiger partial charge in [-0.3, -0.25) is 0 Å². The van der Waals surface area contributed by atoms with Gasteiger partial charge in [-0.15, -0.1) is 11.3 Å². The summed E-state index contributed by atoms with van der Waals surface area (Å²) in [7, 11) is 0. The second-order valence-corrected chi connectivity index (χ2v) is 6.49. The van der Waals surface area contributed by atoms with Crippen LogP contribution in [0.2, 0.25) is 0 Å². The van der Waals surface area contributed by atoms with Gasteiger partial charge in [0.1, 0.15) is 0 Å². The van der Waals surface area contributed by atoms with E-state index in [1.54, 1.807) is 11.3 Å². The van der Waals surface area contributed by atoms with Crippen LogP contribution in [0.15, 0.2) is 5.38 Å². The first kappa shape index (κ1) is 13.0. The standard InChI is InChI=1S/C14H24N2S/c1-3-11-5-4-6-12(7-11)14(15)8-13-9-17-10(2)16-13/h9,11-12,14H,3-8,15H2,1-2H3. The number of thiazole rings is 1. The van der Waals surface area contributed by atoms with Crippen LogP contribution < -0.4 is 5.73 Å². The largest absolute Gasteiger partial charge is 0.327 e. The van der Waals surface area contributed by atoms with Crippen molar-refractivity contribution in [3.8, 4) is 0 Å². The molecule has 17 heavy (non-hydrogen) atoms. The quantitative estimate of drug-likeness (QED) is 0.890. The van der Waals surface area contributed by atoms with E-state index in [2.05, 4.69) is 24.2 Å². The molecule has 1 heterocycles. The highest BCUT2D eigenvalue weighted by molar-refractivity contribution is 7.09. The van der Waals surface area contributed by atoms with Crippen LogP contribution in [-0.4, -0.2) is 11.0 Å². The summed E-state index contributed by atoms with van der Waals surface area (Å²) in [5, 5.41) is 3.32.